The van der Waals surface area contributed by atoms with Gasteiger partial charge in [0.2, 0.25) is 0 Å². The Bertz CT molecular complexity index is 228. The van der Waals surface area contributed by atoms with Crippen molar-refractivity contribution in [3.63, 3.8) is 0 Å². The summed E-state index contributed by atoms with van der Waals surface area (Å²) in [7, 11) is 1.96. The predicted octanol–water partition coefficient (Wildman–Crippen LogP) is 1.60. The fourth-order valence-corrected chi connectivity index (χ4v) is 1.77. The van der Waals surface area contributed by atoms with Crippen LogP contribution in [-0.4, -0.2) is 23.0 Å². The molecule has 0 aliphatic heterocycles. The van der Waals surface area contributed by atoms with Gasteiger partial charge in [0, 0.05) is 20.1 Å². The first-order valence-corrected chi connectivity index (χ1v) is 5.07. The Kier molecular flexibility index (Phi) is 4.00. The second-order valence-corrected chi connectivity index (χ2v) is 3.67. The van der Waals surface area contributed by atoms with Crippen molar-refractivity contribution in [3.8, 4) is 0 Å². The SMILES string of the molecule is CCOCCc1c(I)cnn1C. The van der Waals surface area contributed by atoms with Crippen molar-refractivity contribution in [2.45, 2.75) is 13.3 Å². The molecule has 0 spiro atoms. The summed E-state index contributed by atoms with van der Waals surface area (Å²) in [5, 5.41) is 4.15. The maximum absolute atomic E-state index is 5.27. The first-order valence-electron chi connectivity index (χ1n) is 3.99. The van der Waals surface area contributed by atoms with Crippen LogP contribution in [0.5, 0.6) is 0 Å². The van der Waals surface area contributed by atoms with Gasteiger partial charge in [0.15, 0.2) is 0 Å². The zero-order valence-corrected chi connectivity index (χ0v) is 9.54. The number of nitrogens with zero attached hydrogens (tertiary/aromatic N) is 2. The van der Waals surface area contributed by atoms with Gasteiger partial charge >= 0.3 is 0 Å². The van der Waals surface area contributed by atoms with Crippen LogP contribution in [-0.2, 0) is 18.2 Å². The lowest BCUT2D eigenvalue weighted by atomic mass is 10.3. The molecule has 0 aromatic carbocycles. The van der Waals surface area contributed by atoms with Crippen molar-refractivity contribution >= 4 is 22.6 Å². The van der Waals surface area contributed by atoms with Crippen LogP contribution in [0.1, 0.15) is 12.6 Å². The molecule has 0 saturated carbocycles. The molecule has 3 nitrogen and oxygen atoms in total. The van der Waals surface area contributed by atoms with Gasteiger partial charge in [-0.2, -0.15) is 5.10 Å². The topological polar surface area (TPSA) is 27.1 Å². The monoisotopic (exact) mass is 280 g/mol. The molecular weight excluding hydrogens is 267 g/mol. The summed E-state index contributed by atoms with van der Waals surface area (Å²) in [6.45, 7) is 3.58. The molecule has 0 aliphatic carbocycles. The Balaban J connectivity index is 2.50. The first-order chi connectivity index (χ1) is 5.75. The van der Waals surface area contributed by atoms with Gasteiger partial charge in [0.1, 0.15) is 0 Å². The van der Waals surface area contributed by atoms with Crippen LogP contribution in [0.25, 0.3) is 0 Å². The Morgan fingerprint density at radius 3 is 2.92 bits per heavy atom. The molecule has 1 heterocycles. The molecule has 0 bridgehead atoms. The van der Waals surface area contributed by atoms with Crippen molar-refractivity contribution in [1.82, 2.24) is 9.78 Å². The largest absolute Gasteiger partial charge is 0.381 e. The van der Waals surface area contributed by atoms with Gasteiger partial charge in [0.05, 0.1) is 22.1 Å². The van der Waals surface area contributed by atoms with Crippen molar-refractivity contribution in [1.29, 1.82) is 0 Å². The quantitative estimate of drug-likeness (QED) is 0.619. The molecule has 0 saturated heterocycles. The summed E-state index contributed by atoms with van der Waals surface area (Å²) >= 11 is 2.29. The number of hydrogen-bond acceptors (Lipinski definition) is 2. The Morgan fingerprint density at radius 2 is 2.42 bits per heavy atom. The standard InChI is InChI=1S/C8H13IN2O/c1-3-12-5-4-8-7(9)6-10-11(8)2/h6H,3-5H2,1-2H3. The van der Waals surface area contributed by atoms with Crippen molar-refractivity contribution in [3.05, 3.63) is 15.5 Å². The molecule has 1 aromatic rings. The van der Waals surface area contributed by atoms with Crippen LogP contribution in [0.15, 0.2) is 6.20 Å². The Morgan fingerprint density at radius 1 is 1.67 bits per heavy atom. The molecule has 12 heavy (non-hydrogen) atoms. The fourth-order valence-electron chi connectivity index (χ4n) is 1.03. The van der Waals surface area contributed by atoms with Gasteiger partial charge in [0.25, 0.3) is 0 Å². The molecule has 0 N–H and O–H groups in total. The summed E-state index contributed by atoms with van der Waals surface area (Å²) in [6.07, 6.45) is 2.82. The van der Waals surface area contributed by atoms with Crippen LogP contribution < -0.4 is 0 Å². The van der Waals surface area contributed by atoms with Gasteiger partial charge in [-0.25, -0.2) is 0 Å². The second-order valence-electron chi connectivity index (χ2n) is 2.51. The molecule has 68 valence electrons. The Hall–Kier alpha value is -0.100. The third-order valence-corrected chi connectivity index (χ3v) is 2.60. The van der Waals surface area contributed by atoms with Gasteiger partial charge in [-0.3, -0.25) is 4.68 Å². The van der Waals surface area contributed by atoms with E-state index in [0.717, 1.165) is 19.6 Å². The minimum absolute atomic E-state index is 0.784. The summed E-state index contributed by atoms with van der Waals surface area (Å²) in [5.41, 5.74) is 1.25. The van der Waals surface area contributed by atoms with Gasteiger partial charge in [-0.05, 0) is 29.5 Å². The minimum Gasteiger partial charge on any atom is -0.381 e. The number of rotatable bonds is 4. The van der Waals surface area contributed by atoms with E-state index in [-0.39, 0.29) is 0 Å². The van der Waals surface area contributed by atoms with E-state index in [1.807, 2.05) is 24.9 Å². The fraction of sp³-hybridized carbons (Fsp3) is 0.625. The highest BCUT2D eigenvalue weighted by Crippen LogP contribution is 2.10. The Labute approximate surface area is 86.2 Å². The molecular formula is C8H13IN2O. The highest BCUT2D eigenvalue weighted by molar-refractivity contribution is 14.1. The molecule has 1 aromatic heterocycles. The minimum atomic E-state index is 0.784. The number of aromatic nitrogens is 2. The maximum atomic E-state index is 5.27. The maximum Gasteiger partial charge on any atom is 0.0626 e. The molecule has 0 fully saturated rings. The predicted molar refractivity (Wildman–Crippen MR) is 56.1 cm³/mol. The third kappa shape index (κ3) is 2.45. The van der Waals surface area contributed by atoms with Gasteiger partial charge < -0.3 is 4.74 Å². The number of halogens is 1. The molecule has 0 amide bonds. The van der Waals surface area contributed by atoms with Crippen molar-refractivity contribution in [2.75, 3.05) is 13.2 Å². The zero-order chi connectivity index (χ0) is 8.97. The third-order valence-electron chi connectivity index (χ3n) is 1.70. The van der Waals surface area contributed by atoms with Crippen LogP contribution in [0.3, 0.4) is 0 Å². The highest BCUT2D eigenvalue weighted by atomic mass is 127. The second kappa shape index (κ2) is 4.81. The van der Waals surface area contributed by atoms with E-state index in [2.05, 4.69) is 27.7 Å². The van der Waals surface area contributed by atoms with E-state index >= 15 is 0 Å². The van der Waals surface area contributed by atoms with E-state index < -0.39 is 0 Å². The summed E-state index contributed by atoms with van der Waals surface area (Å²) in [4.78, 5) is 0. The normalized spacial score (nSPS) is 10.6. The summed E-state index contributed by atoms with van der Waals surface area (Å²) in [6, 6.07) is 0. The van der Waals surface area contributed by atoms with E-state index in [1.165, 1.54) is 9.26 Å². The van der Waals surface area contributed by atoms with Crippen LogP contribution >= 0.6 is 22.6 Å². The van der Waals surface area contributed by atoms with E-state index in [9.17, 15) is 0 Å². The molecule has 0 radical (unpaired) electrons. The summed E-state index contributed by atoms with van der Waals surface area (Å²) in [5.74, 6) is 0. The van der Waals surface area contributed by atoms with Crippen LogP contribution in [0.4, 0.5) is 0 Å². The number of ether oxygens (including phenoxy) is 1. The molecule has 0 aliphatic rings. The smallest absolute Gasteiger partial charge is 0.0626 e. The first kappa shape index (κ1) is 9.98. The molecule has 4 heteroatoms. The van der Waals surface area contributed by atoms with Crippen molar-refractivity contribution < 1.29 is 4.74 Å². The average Bonchev–Trinajstić information content (AvgIpc) is 2.35. The average molecular weight is 280 g/mol. The lowest BCUT2D eigenvalue weighted by molar-refractivity contribution is 0.149. The molecule has 0 unspecified atom stereocenters. The van der Waals surface area contributed by atoms with Gasteiger partial charge in [-0.1, -0.05) is 0 Å². The highest BCUT2D eigenvalue weighted by Gasteiger charge is 2.04. The summed E-state index contributed by atoms with van der Waals surface area (Å²) < 4.78 is 8.39. The van der Waals surface area contributed by atoms with E-state index in [4.69, 9.17) is 4.74 Å². The van der Waals surface area contributed by atoms with Crippen LogP contribution in [0.2, 0.25) is 0 Å². The lowest BCUT2D eigenvalue weighted by Gasteiger charge is -2.02. The van der Waals surface area contributed by atoms with E-state index in [0.29, 0.717) is 0 Å². The number of hydrogen-bond donors (Lipinski definition) is 0. The zero-order valence-electron chi connectivity index (χ0n) is 7.38. The van der Waals surface area contributed by atoms with Crippen LogP contribution in [0, 0.1) is 3.57 Å². The molecule has 0 atom stereocenters. The molecule has 1 rings (SSSR count). The lowest BCUT2D eigenvalue weighted by Crippen LogP contribution is -2.04. The van der Waals surface area contributed by atoms with Crippen molar-refractivity contribution in [2.24, 2.45) is 7.05 Å². The van der Waals surface area contributed by atoms with E-state index in [1.54, 1.807) is 0 Å². The number of aryl methyl sites for hydroxylation is 1. The van der Waals surface area contributed by atoms with Gasteiger partial charge in [-0.15, -0.1) is 0 Å².